The maximum atomic E-state index is 11.5. The second-order valence-corrected chi connectivity index (χ2v) is 4.75. The van der Waals surface area contributed by atoms with E-state index in [9.17, 15) is 4.79 Å². The zero-order valence-electron chi connectivity index (χ0n) is 11.0. The molecule has 1 aromatic rings. The maximum absolute atomic E-state index is 11.5. The van der Waals surface area contributed by atoms with Gasteiger partial charge in [0.15, 0.2) is 0 Å². The van der Waals surface area contributed by atoms with Gasteiger partial charge in [-0.25, -0.2) is 4.79 Å². The minimum atomic E-state index is -0.692. The molecule has 1 saturated heterocycles. The van der Waals surface area contributed by atoms with Crippen LogP contribution in [0.25, 0.3) is 0 Å². The third kappa shape index (κ3) is 3.86. The van der Waals surface area contributed by atoms with Crippen LogP contribution in [0.2, 0.25) is 0 Å². The zero-order valence-corrected chi connectivity index (χ0v) is 11.0. The lowest BCUT2D eigenvalue weighted by molar-refractivity contribution is -0.0141. The number of carbonyl (C=O) groups excluding carboxylic acids is 1. The van der Waals surface area contributed by atoms with Crippen LogP contribution in [-0.2, 0) is 20.8 Å². The molecule has 3 atom stereocenters. The summed E-state index contributed by atoms with van der Waals surface area (Å²) in [6, 6.07) is 6.45. The van der Waals surface area contributed by atoms with Crippen LogP contribution in [0.4, 0.5) is 4.79 Å². The molecule has 0 saturated carbocycles. The SMILES string of the molecule is C[C@H]1C[C@@H](OC(=O)OCc2ccc(O)cc2)[C@@H](C)O1. The molecule has 1 heterocycles. The topological polar surface area (TPSA) is 65.0 Å². The van der Waals surface area contributed by atoms with Crippen LogP contribution >= 0.6 is 0 Å². The van der Waals surface area contributed by atoms with Crippen molar-refractivity contribution in [3.05, 3.63) is 29.8 Å². The summed E-state index contributed by atoms with van der Waals surface area (Å²) >= 11 is 0. The van der Waals surface area contributed by atoms with Crippen molar-refractivity contribution < 1.29 is 24.1 Å². The van der Waals surface area contributed by atoms with E-state index in [-0.39, 0.29) is 30.7 Å². The summed E-state index contributed by atoms with van der Waals surface area (Å²) < 4.78 is 15.7. The highest BCUT2D eigenvalue weighted by atomic mass is 16.7. The predicted molar refractivity (Wildman–Crippen MR) is 67.8 cm³/mol. The Morgan fingerprint density at radius 1 is 1.37 bits per heavy atom. The Bertz CT molecular complexity index is 428. The Labute approximate surface area is 112 Å². The number of hydrogen-bond donors (Lipinski definition) is 1. The molecule has 0 bridgehead atoms. The first-order valence-corrected chi connectivity index (χ1v) is 6.31. The highest BCUT2D eigenvalue weighted by Gasteiger charge is 2.33. The second kappa shape index (κ2) is 5.93. The monoisotopic (exact) mass is 266 g/mol. The number of benzene rings is 1. The van der Waals surface area contributed by atoms with E-state index < -0.39 is 6.16 Å². The van der Waals surface area contributed by atoms with E-state index in [1.54, 1.807) is 24.3 Å². The standard InChI is InChI=1S/C14H18O5/c1-9-7-13(10(2)18-9)19-14(16)17-8-11-3-5-12(15)6-4-11/h3-6,9-10,13,15H,7-8H2,1-2H3/t9-,10+,13+/m0/s1. The molecule has 0 aromatic heterocycles. The van der Waals surface area contributed by atoms with Crippen LogP contribution in [0.3, 0.4) is 0 Å². The largest absolute Gasteiger partial charge is 0.508 e. The molecule has 0 radical (unpaired) electrons. The highest BCUT2D eigenvalue weighted by Crippen LogP contribution is 2.23. The second-order valence-electron chi connectivity index (χ2n) is 4.75. The molecule has 5 heteroatoms. The van der Waals surface area contributed by atoms with E-state index in [0.717, 1.165) is 5.56 Å². The van der Waals surface area contributed by atoms with Gasteiger partial charge in [-0.15, -0.1) is 0 Å². The van der Waals surface area contributed by atoms with Crippen molar-refractivity contribution in [1.29, 1.82) is 0 Å². The van der Waals surface area contributed by atoms with Gasteiger partial charge in [0.2, 0.25) is 0 Å². The normalized spacial score (nSPS) is 26.1. The predicted octanol–water partition coefficient (Wildman–Crippen LogP) is 2.61. The van der Waals surface area contributed by atoms with Gasteiger partial charge in [-0.3, -0.25) is 0 Å². The number of carbonyl (C=O) groups is 1. The molecule has 0 spiro atoms. The van der Waals surface area contributed by atoms with Crippen LogP contribution in [0, 0.1) is 0 Å². The lowest BCUT2D eigenvalue weighted by Gasteiger charge is -2.14. The fourth-order valence-electron chi connectivity index (χ4n) is 2.06. The molecule has 1 aliphatic rings. The molecule has 0 amide bonds. The molecule has 5 nitrogen and oxygen atoms in total. The summed E-state index contributed by atoms with van der Waals surface area (Å²) in [5.74, 6) is 0.178. The summed E-state index contributed by atoms with van der Waals surface area (Å²) in [4.78, 5) is 11.5. The number of hydrogen-bond acceptors (Lipinski definition) is 5. The molecule has 2 rings (SSSR count). The van der Waals surface area contributed by atoms with Gasteiger partial charge >= 0.3 is 6.16 Å². The van der Waals surface area contributed by atoms with Gasteiger partial charge in [0.05, 0.1) is 12.2 Å². The average Bonchev–Trinajstić information content (AvgIpc) is 2.67. The van der Waals surface area contributed by atoms with E-state index >= 15 is 0 Å². The summed E-state index contributed by atoms with van der Waals surface area (Å²) in [5, 5.41) is 9.13. The lowest BCUT2D eigenvalue weighted by Crippen LogP contribution is -2.25. The minimum absolute atomic E-state index is 0.101. The van der Waals surface area contributed by atoms with Crippen molar-refractivity contribution in [2.75, 3.05) is 0 Å². The van der Waals surface area contributed by atoms with Crippen molar-refractivity contribution in [1.82, 2.24) is 0 Å². The first kappa shape index (κ1) is 13.7. The number of ether oxygens (including phenoxy) is 3. The van der Waals surface area contributed by atoms with Crippen LogP contribution in [0.15, 0.2) is 24.3 Å². The molecule has 104 valence electrons. The fraction of sp³-hybridized carbons (Fsp3) is 0.500. The third-order valence-corrected chi connectivity index (χ3v) is 3.08. The van der Waals surface area contributed by atoms with Gasteiger partial charge in [0, 0.05) is 6.42 Å². The number of aromatic hydroxyl groups is 1. The lowest BCUT2D eigenvalue weighted by atomic mass is 10.2. The Morgan fingerprint density at radius 3 is 2.63 bits per heavy atom. The first-order valence-electron chi connectivity index (χ1n) is 6.31. The fourth-order valence-corrected chi connectivity index (χ4v) is 2.06. The highest BCUT2D eigenvalue weighted by molar-refractivity contribution is 5.60. The van der Waals surface area contributed by atoms with E-state index in [2.05, 4.69) is 0 Å². The summed E-state index contributed by atoms with van der Waals surface area (Å²) in [7, 11) is 0. The van der Waals surface area contributed by atoms with Crippen LogP contribution in [0.5, 0.6) is 5.75 Å². The maximum Gasteiger partial charge on any atom is 0.508 e. The number of rotatable bonds is 3. The van der Waals surface area contributed by atoms with Gasteiger partial charge in [-0.1, -0.05) is 12.1 Å². The van der Waals surface area contributed by atoms with Crippen molar-refractivity contribution >= 4 is 6.16 Å². The smallest absolute Gasteiger partial charge is 0.508 e. The van der Waals surface area contributed by atoms with Gasteiger partial charge in [0.1, 0.15) is 18.5 Å². The van der Waals surface area contributed by atoms with Crippen LogP contribution in [0.1, 0.15) is 25.8 Å². The number of phenolic OH excluding ortho intramolecular Hbond substituents is 1. The molecule has 1 fully saturated rings. The Hall–Kier alpha value is -1.75. The first-order chi connectivity index (χ1) is 9.04. The minimum Gasteiger partial charge on any atom is -0.508 e. The molecule has 0 aliphatic carbocycles. The molecular weight excluding hydrogens is 248 g/mol. The van der Waals surface area contributed by atoms with E-state index in [1.807, 2.05) is 13.8 Å². The van der Waals surface area contributed by atoms with Crippen molar-refractivity contribution in [3.63, 3.8) is 0 Å². The van der Waals surface area contributed by atoms with E-state index in [0.29, 0.717) is 6.42 Å². The van der Waals surface area contributed by atoms with Gasteiger partial charge in [-0.05, 0) is 31.5 Å². The van der Waals surface area contributed by atoms with Crippen LogP contribution in [-0.4, -0.2) is 29.6 Å². The molecule has 1 N–H and O–H groups in total. The summed E-state index contributed by atoms with van der Waals surface area (Å²) in [6.07, 6.45) is -0.249. The van der Waals surface area contributed by atoms with E-state index in [4.69, 9.17) is 19.3 Å². The van der Waals surface area contributed by atoms with Crippen molar-refractivity contribution in [2.24, 2.45) is 0 Å². The summed E-state index contributed by atoms with van der Waals surface area (Å²) in [5.41, 5.74) is 0.791. The van der Waals surface area contributed by atoms with Gasteiger partial charge in [-0.2, -0.15) is 0 Å². The Morgan fingerprint density at radius 2 is 2.05 bits per heavy atom. The van der Waals surface area contributed by atoms with Crippen molar-refractivity contribution in [3.8, 4) is 5.75 Å². The van der Waals surface area contributed by atoms with E-state index in [1.165, 1.54) is 0 Å². The Balaban J connectivity index is 1.77. The molecule has 1 aromatic carbocycles. The third-order valence-electron chi connectivity index (χ3n) is 3.08. The Kier molecular flexibility index (Phi) is 4.27. The summed E-state index contributed by atoms with van der Waals surface area (Å²) in [6.45, 7) is 3.94. The quantitative estimate of drug-likeness (QED) is 0.852. The molecule has 1 aliphatic heterocycles. The van der Waals surface area contributed by atoms with Gasteiger partial charge < -0.3 is 19.3 Å². The zero-order chi connectivity index (χ0) is 13.8. The average molecular weight is 266 g/mol. The number of phenols is 1. The molecular formula is C14H18O5. The molecule has 19 heavy (non-hydrogen) atoms. The van der Waals surface area contributed by atoms with Crippen molar-refractivity contribution in [2.45, 2.75) is 45.2 Å². The molecule has 0 unspecified atom stereocenters. The van der Waals surface area contributed by atoms with Gasteiger partial charge in [0.25, 0.3) is 0 Å². The van der Waals surface area contributed by atoms with Crippen LogP contribution < -0.4 is 0 Å².